The Morgan fingerprint density at radius 2 is 1.88 bits per heavy atom. The number of amides is 1. The van der Waals surface area contributed by atoms with Gasteiger partial charge in [0.25, 0.3) is 5.91 Å². The molecule has 0 spiro atoms. The van der Waals surface area contributed by atoms with Crippen LogP contribution in [0.4, 0.5) is 0 Å². The lowest BCUT2D eigenvalue weighted by Crippen LogP contribution is -2.40. The largest absolute Gasteiger partial charge is 0.378 e. The van der Waals surface area contributed by atoms with Gasteiger partial charge in [0.1, 0.15) is 0 Å². The zero-order valence-corrected chi connectivity index (χ0v) is 9.74. The summed E-state index contributed by atoms with van der Waals surface area (Å²) in [4.78, 5) is 13.9. The van der Waals surface area contributed by atoms with Crippen LogP contribution >= 0.6 is 11.6 Å². The second-order valence-corrected chi connectivity index (χ2v) is 4.00. The van der Waals surface area contributed by atoms with Crippen LogP contribution in [-0.4, -0.2) is 37.1 Å². The fourth-order valence-electron chi connectivity index (χ4n) is 1.69. The van der Waals surface area contributed by atoms with E-state index < -0.39 is 0 Å². The zero-order valence-electron chi connectivity index (χ0n) is 8.99. The van der Waals surface area contributed by atoms with E-state index in [-0.39, 0.29) is 5.91 Å². The van der Waals surface area contributed by atoms with Crippen molar-refractivity contribution in [2.45, 2.75) is 5.88 Å². The van der Waals surface area contributed by atoms with E-state index in [0.717, 1.165) is 11.1 Å². The highest BCUT2D eigenvalue weighted by Crippen LogP contribution is 2.10. The van der Waals surface area contributed by atoms with E-state index >= 15 is 0 Å². The monoisotopic (exact) mass is 239 g/mol. The quantitative estimate of drug-likeness (QED) is 0.738. The van der Waals surface area contributed by atoms with Crippen LogP contribution in [0.5, 0.6) is 0 Å². The summed E-state index contributed by atoms with van der Waals surface area (Å²) in [7, 11) is 0. The highest BCUT2D eigenvalue weighted by atomic mass is 35.5. The minimum atomic E-state index is 0.0735. The first-order chi connectivity index (χ1) is 7.81. The van der Waals surface area contributed by atoms with Crippen LogP contribution < -0.4 is 0 Å². The number of carbonyl (C=O) groups excluding carboxylic acids is 1. The third-order valence-corrected chi connectivity index (χ3v) is 2.96. The van der Waals surface area contributed by atoms with E-state index in [1.54, 1.807) is 0 Å². The minimum absolute atomic E-state index is 0.0735. The maximum atomic E-state index is 12.0. The van der Waals surface area contributed by atoms with Crippen molar-refractivity contribution < 1.29 is 9.53 Å². The number of benzene rings is 1. The normalized spacial score (nSPS) is 16.2. The molecule has 0 atom stereocenters. The Morgan fingerprint density at radius 1 is 1.25 bits per heavy atom. The smallest absolute Gasteiger partial charge is 0.254 e. The summed E-state index contributed by atoms with van der Waals surface area (Å²) in [5.74, 6) is 0.552. The van der Waals surface area contributed by atoms with E-state index in [0.29, 0.717) is 32.2 Å². The first kappa shape index (κ1) is 11.4. The van der Waals surface area contributed by atoms with Gasteiger partial charge in [0.2, 0.25) is 0 Å². The number of hydrogen-bond donors (Lipinski definition) is 0. The van der Waals surface area contributed by atoms with Gasteiger partial charge in [0.15, 0.2) is 0 Å². The summed E-state index contributed by atoms with van der Waals surface area (Å²) in [6, 6.07) is 7.44. The second-order valence-electron chi connectivity index (χ2n) is 3.74. The van der Waals surface area contributed by atoms with Gasteiger partial charge in [-0.25, -0.2) is 0 Å². The lowest BCUT2D eigenvalue weighted by atomic mass is 10.1. The summed E-state index contributed by atoms with van der Waals surface area (Å²) in [5.41, 5.74) is 1.75. The van der Waals surface area contributed by atoms with Crippen molar-refractivity contribution >= 4 is 17.5 Å². The molecule has 3 nitrogen and oxygen atoms in total. The molecule has 0 aromatic heterocycles. The molecule has 1 aliphatic rings. The van der Waals surface area contributed by atoms with E-state index in [2.05, 4.69) is 0 Å². The van der Waals surface area contributed by atoms with Crippen molar-refractivity contribution in [3.05, 3.63) is 35.4 Å². The fraction of sp³-hybridized carbons (Fsp3) is 0.417. The van der Waals surface area contributed by atoms with Gasteiger partial charge in [-0.15, -0.1) is 11.6 Å². The molecular formula is C12H14ClNO2. The summed E-state index contributed by atoms with van der Waals surface area (Å²) >= 11 is 5.70. The highest BCUT2D eigenvalue weighted by Gasteiger charge is 2.17. The average Bonchev–Trinajstić information content (AvgIpc) is 2.39. The molecule has 1 aliphatic heterocycles. The van der Waals surface area contributed by atoms with E-state index in [1.807, 2.05) is 29.2 Å². The number of ether oxygens (including phenoxy) is 1. The lowest BCUT2D eigenvalue weighted by molar-refractivity contribution is 0.0303. The summed E-state index contributed by atoms with van der Waals surface area (Å²) in [6.45, 7) is 2.61. The van der Waals surface area contributed by atoms with E-state index in [1.165, 1.54) is 0 Å². The first-order valence-corrected chi connectivity index (χ1v) is 5.86. The van der Waals surface area contributed by atoms with Gasteiger partial charge in [-0.3, -0.25) is 4.79 Å². The molecule has 1 heterocycles. The molecule has 1 amide bonds. The van der Waals surface area contributed by atoms with Crippen LogP contribution in [0.1, 0.15) is 15.9 Å². The fourth-order valence-corrected chi connectivity index (χ4v) is 1.86. The molecule has 2 rings (SSSR count). The second kappa shape index (κ2) is 5.32. The Kier molecular flexibility index (Phi) is 3.80. The number of rotatable bonds is 2. The van der Waals surface area contributed by atoms with Crippen molar-refractivity contribution in [2.75, 3.05) is 26.3 Å². The van der Waals surface area contributed by atoms with Crippen molar-refractivity contribution in [1.29, 1.82) is 0 Å². The summed E-state index contributed by atoms with van der Waals surface area (Å²) < 4.78 is 5.21. The molecule has 1 aromatic carbocycles. The molecule has 1 fully saturated rings. The summed E-state index contributed by atoms with van der Waals surface area (Å²) in [6.07, 6.45) is 0. The zero-order chi connectivity index (χ0) is 11.4. The maximum absolute atomic E-state index is 12.0. The van der Waals surface area contributed by atoms with Crippen molar-refractivity contribution in [2.24, 2.45) is 0 Å². The van der Waals surface area contributed by atoms with Crippen molar-refractivity contribution in [3.63, 3.8) is 0 Å². The Bertz CT molecular complexity index is 358. The predicted octanol–water partition coefficient (Wildman–Crippen LogP) is 1.90. The molecule has 0 bridgehead atoms. The molecule has 0 aliphatic carbocycles. The number of hydrogen-bond acceptors (Lipinski definition) is 2. The SMILES string of the molecule is O=C(c1ccc(CCl)cc1)N1CCOCC1. The van der Waals surface area contributed by atoms with E-state index in [4.69, 9.17) is 16.3 Å². The van der Waals surface area contributed by atoms with Gasteiger partial charge < -0.3 is 9.64 Å². The molecular weight excluding hydrogens is 226 g/mol. The van der Waals surface area contributed by atoms with Crippen LogP contribution in [0.2, 0.25) is 0 Å². The van der Waals surface area contributed by atoms with Crippen LogP contribution in [0.15, 0.2) is 24.3 Å². The predicted molar refractivity (Wildman–Crippen MR) is 62.7 cm³/mol. The molecule has 0 saturated carbocycles. The third kappa shape index (κ3) is 2.54. The van der Waals surface area contributed by atoms with Gasteiger partial charge in [0, 0.05) is 24.5 Å². The van der Waals surface area contributed by atoms with Gasteiger partial charge in [-0.05, 0) is 17.7 Å². The van der Waals surface area contributed by atoms with Gasteiger partial charge >= 0.3 is 0 Å². The molecule has 1 aromatic rings. The number of morpholine rings is 1. The Labute approximate surface area is 100.0 Å². The number of nitrogens with zero attached hydrogens (tertiary/aromatic N) is 1. The first-order valence-electron chi connectivity index (χ1n) is 5.33. The van der Waals surface area contributed by atoms with E-state index in [9.17, 15) is 4.79 Å². The molecule has 4 heteroatoms. The highest BCUT2D eigenvalue weighted by molar-refractivity contribution is 6.17. The van der Waals surface area contributed by atoms with Crippen molar-refractivity contribution in [3.8, 4) is 0 Å². The Hall–Kier alpha value is -1.06. The molecule has 0 radical (unpaired) electrons. The van der Waals surface area contributed by atoms with Crippen LogP contribution in [0, 0.1) is 0 Å². The summed E-state index contributed by atoms with van der Waals surface area (Å²) in [5, 5.41) is 0. The Morgan fingerprint density at radius 3 is 2.44 bits per heavy atom. The maximum Gasteiger partial charge on any atom is 0.254 e. The molecule has 16 heavy (non-hydrogen) atoms. The number of carbonyl (C=O) groups is 1. The average molecular weight is 240 g/mol. The van der Waals surface area contributed by atoms with Gasteiger partial charge in [-0.2, -0.15) is 0 Å². The number of alkyl halides is 1. The van der Waals surface area contributed by atoms with Crippen LogP contribution in [-0.2, 0) is 10.6 Å². The van der Waals surface area contributed by atoms with Gasteiger partial charge in [-0.1, -0.05) is 12.1 Å². The van der Waals surface area contributed by atoms with Crippen LogP contribution in [0.25, 0.3) is 0 Å². The topological polar surface area (TPSA) is 29.5 Å². The molecule has 86 valence electrons. The third-order valence-electron chi connectivity index (χ3n) is 2.65. The molecule has 1 saturated heterocycles. The van der Waals surface area contributed by atoms with Crippen LogP contribution in [0.3, 0.4) is 0 Å². The molecule has 0 N–H and O–H groups in total. The van der Waals surface area contributed by atoms with Gasteiger partial charge in [0.05, 0.1) is 13.2 Å². The van der Waals surface area contributed by atoms with Crippen molar-refractivity contribution in [1.82, 2.24) is 4.90 Å². The molecule has 0 unspecified atom stereocenters. The lowest BCUT2D eigenvalue weighted by Gasteiger charge is -2.26. The minimum Gasteiger partial charge on any atom is -0.378 e. The standard InChI is InChI=1S/C12H14ClNO2/c13-9-10-1-3-11(4-2-10)12(15)14-5-7-16-8-6-14/h1-4H,5-9H2. The number of halogens is 1. The Balaban J connectivity index is 2.07.